The lowest BCUT2D eigenvalue weighted by atomic mass is 10.1. The van der Waals surface area contributed by atoms with E-state index in [1.54, 1.807) is 24.4 Å². The number of amides is 1. The van der Waals surface area contributed by atoms with Crippen LogP contribution in [-0.4, -0.2) is 31.2 Å². The first-order valence-electron chi connectivity index (χ1n) is 8.11. The molecule has 1 aliphatic rings. The number of carbonyl (C=O) groups excluding carboxylic acids is 1. The second-order valence-electron chi connectivity index (χ2n) is 6.11. The Bertz CT molecular complexity index is 903. The van der Waals surface area contributed by atoms with Gasteiger partial charge in [-0.2, -0.15) is 4.31 Å². The van der Waals surface area contributed by atoms with Crippen LogP contribution in [0.1, 0.15) is 31.4 Å². The Morgan fingerprint density at radius 1 is 1.42 bits per heavy atom. The summed E-state index contributed by atoms with van der Waals surface area (Å²) >= 11 is 6.92. The molecule has 1 N–H and O–H groups in total. The Balaban J connectivity index is 1.75. The highest BCUT2D eigenvalue weighted by Gasteiger charge is 2.40. The minimum absolute atomic E-state index is 0.0219. The molecule has 1 aromatic carbocycles. The summed E-state index contributed by atoms with van der Waals surface area (Å²) in [5.41, 5.74) is 0.649. The molecule has 140 valence electrons. The zero-order valence-electron chi connectivity index (χ0n) is 14.0. The van der Waals surface area contributed by atoms with Gasteiger partial charge in [-0.15, -0.1) is 11.3 Å². The van der Waals surface area contributed by atoms with Crippen LogP contribution in [0.15, 0.2) is 39.9 Å². The smallest absolute Gasteiger partial charge is 0.253 e. The van der Waals surface area contributed by atoms with Crippen molar-refractivity contribution in [1.29, 1.82) is 0 Å². The first-order chi connectivity index (χ1) is 12.3. The summed E-state index contributed by atoms with van der Waals surface area (Å²) in [6.45, 7) is 2.06. The quantitative estimate of drug-likeness (QED) is 0.810. The lowest BCUT2D eigenvalue weighted by Crippen LogP contribution is -2.46. The van der Waals surface area contributed by atoms with Crippen molar-refractivity contribution in [2.75, 3.05) is 6.54 Å². The third-order valence-electron chi connectivity index (χ3n) is 4.37. The van der Waals surface area contributed by atoms with E-state index in [9.17, 15) is 17.6 Å². The van der Waals surface area contributed by atoms with E-state index in [0.717, 1.165) is 11.3 Å². The predicted octanol–water partition coefficient (Wildman–Crippen LogP) is 3.57. The Morgan fingerprint density at radius 2 is 2.19 bits per heavy atom. The SMILES string of the molecule is CC(NC(=O)C1CCCN1S(=O)(=O)c1cccs1)c1ccc(F)c(Cl)c1. The number of sulfonamides is 1. The maximum absolute atomic E-state index is 13.3. The topological polar surface area (TPSA) is 66.5 Å². The van der Waals surface area contributed by atoms with Gasteiger partial charge in [0.1, 0.15) is 16.1 Å². The molecule has 0 bridgehead atoms. The van der Waals surface area contributed by atoms with Crippen molar-refractivity contribution in [2.24, 2.45) is 0 Å². The average Bonchev–Trinajstić information content (AvgIpc) is 3.29. The van der Waals surface area contributed by atoms with E-state index in [1.165, 1.54) is 22.5 Å². The molecule has 0 saturated carbocycles. The van der Waals surface area contributed by atoms with Crippen LogP contribution in [0.4, 0.5) is 4.39 Å². The molecule has 1 saturated heterocycles. The van der Waals surface area contributed by atoms with Crippen LogP contribution >= 0.6 is 22.9 Å². The van der Waals surface area contributed by atoms with Crippen molar-refractivity contribution >= 4 is 38.9 Å². The van der Waals surface area contributed by atoms with Crippen molar-refractivity contribution in [3.05, 3.63) is 52.1 Å². The monoisotopic (exact) mass is 416 g/mol. The normalized spacial score (nSPS) is 19.4. The Morgan fingerprint density at radius 3 is 2.85 bits per heavy atom. The molecular weight excluding hydrogens is 399 g/mol. The molecule has 9 heteroatoms. The molecule has 1 aliphatic heterocycles. The number of nitrogens with one attached hydrogen (secondary N) is 1. The van der Waals surface area contributed by atoms with E-state index in [2.05, 4.69) is 5.32 Å². The molecule has 1 fully saturated rings. The number of nitrogens with zero attached hydrogens (tertiary/aromatic N) is 1. The van der Waals surface area contributed by atoms with Gasteiger partial charge in [0.05, 0.1) is 11.1 Å². The fourth-order valence-electron chi connectivity index (χ4n) is 2.99. The van der Waals surface area contributed by atoms with Gasteiger partial charge < -0.3 is 5.32 Å². The second kappa shape index (κ2) is 7.64. The van der Waals surface area contributed by atoms with E-state index in [0.29, 0.717) is 24.9 Å². The molecule has 2 aromatic rings. The fourth-order valence-corrected chi connectivity index (χ4v) is 5.96. The van der Waals surface area contributed by atoms with Crippen LogP contribution in [0.2, 0.25) is 5.02 Å². The number of hydrogen-bond acceptors (Lipinski definition) is 4. The summed E-state index contributed by atoms with van der Waals surface area (Å²) < 4.78 is 40.3. The molecule has 0 radical (unpaired) electrons. The van der Waals surface area contributed by atoms with Crippen LogP contribution in [0.25, 0.3) is 0 Å². The number of hydrogen-bond donors (Lipinski definition) is 1. The third kappa shape index (κ3) is 3.78. The fraction of sp³-hybridized carbons (Fsp3) is 0.353. The molecule has 0 aliphatic carbocycles. The van der Waals surface area contributed by atoms with Crippen LogP contribution < -0.4 is 5.32 Å². The summed E-state index contributed by atoms with van der Waals surface area (Å²) in [4.78, 5) is 12.7. The highest BCUT2D eigenvalue weighted by molar-refractivity contribution is 7.91. The van der Waals surface area contributed by atoms with Gasteiger partial charge in [0, 0.05) is 6.54 Å². The van der Waals surface area contributed by atoms with Crippen LogP contribution in [0.5, 0.6) is 0 Å². The van der Waals surface area contributed by atoms with Gasteiger partial charge in [-0.1, -0.05) is 23.7 Å². The molecule has 3 rings (SSSR count). The Labute approximate surface area is 160 Å². The maximum Gasteiger partial charge on any atom is 0.253 e. The Kier molecular flexibility index (Phi) is 5.67. The second-order valence-corrected chi connectivity index (χ2v) is 9.58. The van der Waals surface area contributed by atoms with Crippen LogP contribution in [0.3, 0.4) is 0 Å². The Hall–Kier alpha value is -1.48. The first kappa shape index (κ1) is 19.3. The zero-order valence-corrected chi connectivity index (χ0v) is 16.4. The predicted molar refractivity (Wildman–Crippen MR) is 99.2 cm³/mol. The van der Waals surface area contributed by atoms with Crippen molar-refractivity contribution < 1.29 is 17.6 Å². The molecule has 26 heavy (non-hydrogen) atoms. The number of carbonyl (C=O) groups is 1. The minimum atomic E-state index is -3.68. The van der Waals surface area contributed by atoms with Gasteiger partial charge in [-0.25, -0.2) is 12.8 Å². The molecule has 1 amide bonds. The highest BCUT2D eigenvalue weighted by Crippen LogP contribution is 2.29. The lowest BCUT2D eigenvalue weighted by Gasteiger charge is -2.24. The van der Waals surface area contributed by atoms with Crippen LogP contribution in [0, 0.1) is 5.82 Å². The molecule has 2 unspecified atom stereocenters. The van der Waals surface area contributed by atoms with Crippen LogP contribution in [-0.2, 0) is 14.8 Å². The van der Waals surface area contributed by atoms with E-state index in [-0.39, 0.29) is 15.1 Å². The summed E-state index contributed by atoms with van der Waals surface area (Å²) in [7, 11) is -3.68. The zero-order chi connectivity index (χ0) is 18.9. The first-order valence-corrected chi connectivity index (χ1v) is 10.8. The van der Waals surface area contributed by atoms with Crippen molar-refractivity contribution in [1.82, 2.24) is 9.62 Å². The van der Waals surface area contributed by atoms with Crippen molar-refractivity contribution in [3.8, 4) is 0 Å². The highest BCUT2D eigenvalue weighted by atomic mass is 35.5. The van der Waals surface area contributed by atoms with Gasteiger partial charge >= 0.3 is 0 Å². The van der Waals surface area contributed by atoms with Gasteiger partial charge in [0.15, 0.2) is 0 Å². The van der Waals surface area contributed by atoms with E-state index in [1.807, 2.05) is 0 Å². The van der Waals surface area contributed by atoms with Gasteiger partial charge in [0.25, 0.3) is 10.0 Å². The number of thiophene rings is 1. The molecular formula is C17H18ClFN2O3S2. The molecule has 0 spiro atoms. The van der Waals surface area contributed by atoms with E-state index >= 15 is 0 Å². The number of halogens is 2. The maximum atomic E-state index is 13.3. The molecule has 2 heterocycles. The molecule has 2 atom stereocenters. The summed E-state index contributed by atoms with van der Waals surface area (Å²) in [5.74, 6) is -0.895. The largest absolute Gasteiger partial charge is 0.348 e. The lowest BCUT2D eigenvalue weighted by molar-refractivity contribution is -0.124. The third-order valence-corrected chi connectivity index (χ3v) is 7.94. The standard InChI is InChI=1S/C17H18ClFN2O3S2/c1-11(12-6-7-14(19)13(18)10-12)20-17(22)15-4-2-8-21(15)26(23,24)16-5-3-9-25-16/h3,5-7,9-11,15H,2,4,8H2,1H3,(H,20,22). The van der Waals surface area contributed by atoms with Crippen molar-refractivity contribution in [3.63, 3.8) is 0 Å². The minimum Gasteiger partial charge on any atom is -0.348 e. The van der Waals surface area contributed by atoms with E-state index in [4.69, 9.17) is 11.6 Å². The van der Waals surface area contributed by atoms with Gasteiger partial charge in [0.2, 0.25) is 5.91 Å². The average molecular weight is 417 g/mol. The number of rotatable bonds is 5. The van der Waals surface area contributed by atoms with Gasteiger partial charge in [-0.3, -0.25) is 4.79 Å². The summed E-state index contributed by atoms with van der Waals surface area (Å²) in [5, 5.41) is 4.48. The number of benzene rings is 1. The summed E-state index contributed by atoms with van der Waals surface area (Å²) in [6, 6.07) is 6.27. The molecule has 1 aromatic heterocycles. The van der Waals surface area contributed by atoms with Crippen molar-refractivity contribution in [2.45, 2.75) is 36.1 Å². The van der Waals surface area contributed by atoms with E-state index < -0.39 is 27.9 Å². The molecule has 5 nitrogen and oxygen atoms in total. The van der Waals surface area contributed by atoms with Gasteiger partial charge in [-0.05, 0) is 48.9 Å². The summed E-state index contributed by atoms with van der Waals surface area (Å²) in [6.07, 6.45) is 1.09.